The van der Waals surface area contributed by atoms with Gasteiger partial charge in [-0.15, -0.1) is 0 Å². The van der Waals surface area contributed by atoms with Crippen LogP contribution in [0.1, 0.15) is 29.6 Å². The number of nitrogens with zero attached hydrogens (tertiary/aromatic N) is 1. The molecule has 114 valence electrons. The minimum Gasteiger partial charge on any atom is -0.496 e. The predicted molar refractivity (Wildman–Crippen MR) is 73.5 cm³/mol. The fraction of sp³-hybridized carbons (Fsp3) is 0.500. The standard InChI is InChI=1S/C14H17NO6/c1-19-13-6-5-10(15(17)18)8-12(13)14(16)21-9-11-4-2-3-7-20-11/h5-6,8,11H,2-4,7,9H2,1H3. The molecule has 1 aromatic rings. The maximum absolute atomic E-state index is 12.1. The van der Waals surface area contributed by atoms with Crippen LogP contribution in [0.15, 0.2) is 18.2 Å². The molecule has 0 aliphatic carbocycles. The third kappa shape index (κ3) is 3.91. The van der Waals surface area contributed by atoms with Gasteiger partial charge in [-0.25, -0.2) is 4.79 Å². The molecule has 1 atom stereocenters. The summed E-state index contributed by atoms with van der Waals surface area (Å²) in [6, 6.07) is 3.81. The Hall–Kier alpha value is -2.15. The Morgan fingerprint density at radius 1 is 1.48 bits per heavy atom. The number of nitro groups is 1. The number of esters is 1. The zero-order valence-corrected chi connectivity index (χ0v) is 11.7. The second-order valence-electron chi connectivity index (χ2n) is 4.73. The number of ether oxygens (including phenoxy) is 3. The zero-order chi connectivity index (χ0) is 15.2. The van der Waals surface area contributed by atoms with Gasteiger partial charge >= 0.3 is 5.97 Å². The van der Waals surface area contributed by atoms with Crippen molar-refractivity contribution in [3.8, 4) is 5.75 Å². The first kappa shape index (κ1) is 15.2. The first-order valence-corrected chi connectivity index (χ1v) is 6.73. The van der Waals surface area contributed by atoms with Crippen molar-refractivity contribution in [2.24, 2.45) is 0 Å². The normalized spacial score (nSPS) is 18.0. The van der Waals surface area contributed by atoms with Gasteiger partial charge in [-0.05, 0) is 25.3 Å². The van der Waals surface area contributed by atoms with E-state index in [0.29, 0.717) is 6.61 Å². The number of hydrogen-bond donors (Lipinski definition) is 0. The molecule has 0 amide bonds. The molecule has 2 rings (SSSR count). The summed E-state index contributed by atoms with van der Waals surface area (Å²) in [6.45, 7) is 0.813. The molecule has 0 spiro atoms. The molecule has 1 unspecified atom stereocenters. The summed E-state index contributed by atoms with van der Waals surface area (Å²) in [5.74, 6) is -0.403. The zero-order valence-electron chi connectivity index (χ0n) is 11.7. The summed E-state index contributed by atoms with van der Waals surface area (Å²) in [6.07, 6.45) is 2.80. The Morgan fingerprint density at radius 3 is 2.90 bits per heavy atom. The van der Waals surface area contributed by atoms with Gasteiger partial charge in [-0.1, -0.05) is 0 Å². The van der Waals surface area contributed by atoms with Crippen LogP contribution in [0.4, 0.5) is 5.69 Å². The topological polar surface area (TPSA) is 87.9 Å². The van der Waals surface area contributed by atoms with Crippen LogP contribution in [-0.4, -0.2) is 37.3 Å². The molecule has 0 saturated carbocycles. The van der Waals surface area contributed by atoms with Crippen molar-refractivity contribution in [2.75, 3.05) is 20.3 Å². The summed E-state index contributed by atoms with van der Waals surface area (Å²) >= 11 is 0. The van der Waals surface area contributed by atoms with Crippen LogP contribution in [-0.2, 0) is 9.47 Å². The van der Waals surface area contributed by atoms with Gasteiger partial charge in [0.15, 0.2) is 0 Å². The maximum Gasteiger partial charge on any atom is 0.342 e. The van der Waals surface area contributed by atoms with Crippen LogP contribution in [0.5, 0.6) is 5.75 Å². The van der Waals surface area contributed by atoms with E-state index < -0.39 is 10.9 Å². The molecule has 21 heavy (non-hydrogen) atoms. The fourth-order valence-corrected chi connectivity index (χ4v) is 2.15. The third-order valence-electron chi connectivity index (χ3n) is 3.29. The van der Waals surface area contributed by atoms with E-state index in [1.165, 1.54) is 19.2 Å². The predicted octanol–water partition coefficient (Wildman–Crippen LogP) is 2.33. The summed E-state index contributed by atoms with van der Waals surface area (Å²) in [5.41, 5.74) is -0.140. The molecular formula is C14H17NO6. The summed E-state index contributed by atoms with van der Waals surface area (Å²) in [4.78, 5) is 22.3. The molecule has 0 N–H and O–H groups in total. The van der Waals surface area contributed by atoms with Gasteiger partial charge in [0, 0.05) is 18.7 Å². The van der Waals surface area contributed by atoms with E-state index >= 15 is 0 Å². The average Bonchev–Trinajstić information content (AvgIpc) is 2.52. The number of non-ortho nitro benzene ring substituents is 1. The highest BCUT2D eigenvalue weighted by Gasteiger charge is 2.21. The fourth-order valence-electron chi connectivity index (χ4n) is 2.15. The highest BCUT2D eigenvalue weighted by atomic mass is 16.6. The lowest BCUT2D eigenvalue weighted by Crippen LogP contribution is -2.26. The lowest BCUT2D eigenvalue weighted by molar-refractivity contribution is -0.384. The Balaban J connectivity index is 2.06. The molecule has 1 saturated heterocycles. The van der Waals surface area contributed by atoms with Gasteiger partial charge in [-0.2, -0.15) is 0 Å². The second kappa shape index (κ2) is 7.03. The van der Waals surface area contributed by atoms with Gasteiger partial charge in [0.05, 0.1) is 18.1 Å². The molecule has 0 aromatic heterocycles. The minimum absolute atomic E-state index is 0.0440. The van der Waals surface area contributed by atoms with Crippen LogP contribution in [0.3, 0.4) is 0 Å². The van der Waals surface area contributed by atoms with Crippen LogP contribution < -0.4 is 4.74 Å². The lowest BCUT2D eigenvalue weighted by atomic mass is 10.1. The van der Waals surface area contributed by atoms with Crippen LogP contribution in [0.25, 0.3) is 0 Å². The van der Waals surface area contributed by atoms with Crippen molar-refractivity contribution in [3.05, 3.63) is 33.9 Å². The number of nitro benzene ring substituents is 1. The maximum atomic E-state index is 12.1. The van der Waals surface area contributed by atoms with Crippen molar-refractivity contribution in [2.45, 2.75) is 25.4 Å². The first-order chi connectivity index (χ1) is 10.1. The number of rotatable bonds is 5. The van der Waals surface area contributed by atoms with Crippen LogP contribution >= 0.6 is 0 Å². The van der Waals surface area contributed by atoms with E-state index in [9.17, 15) is 14.9 Å². The monoisotopic (exact) mass is 295 g/mol. The molecule has 1 aromatic carbocycles. The molecule has 7 nitrogen and oxygen atoms in total. The Morgan fingerprint density at radius 2 is 2.29 bits per heavy atom. The van der Waals surface area contributed by atoms with Crippen LogP contribution in [0, 0.1) is 10.1 Å². The van der Waals surface area contributed by atoms with E-state index in [1.807, 2.05) is 0 Å². The number of methoxy groups -OCH3 is 1. The summed E-state index contributed by atoms with van der Waals surface area (Å²) in [7, 11) is 1.39. The summed E-state index contributed by atoms with van der Waals surface area (Å²) in [5, 5.41) is 10.8. The van der Waals surface area contributed by atoms with Gasteiger partial charge in [-0.3, -0.25) is 10.1 Å². The number of carbonyl (C=O) groups excluding carboxylic acids is 1. The number of hydrogen-bond acceptors (Lipinski definition) is 6. The van der Waals surface area contributed by atoms with Gasteiger partial charge in [0.25, 0.3) is 5.69 Å². The van der Waals surface area contributed by atoms with E-state index in [0.717, 1.165) is 25.3 Å². The van der Waals surface area contributed by atoms with E-state index in [1.54, 1.807) is 0 Å². The Labute approximate surface area is 122 Å². The van der Waals surface area contributed by atoms with Crippen LogP contribution in [0.2, 0.25) is 0 Å². The molecule has 1 fully saturated rings. The number of carbonyl (C=O) groups is 1. The van der Waals surface area contributed by atoms with Crippen molar-refractivity contribution >= 4 is 11.7 Å². The summed E-state index contributed by atoms with van der Waals surface area (Å²) < 4.78 is 15.7. The largest absolute Gasteiger partial charge is 0.496 e. The molecule has 0 radical (unpaired) electrons. The minimum atomic E-state index is -0.648. The van der Waals surface area contributed by atoms with Gasteiger partial charge in [0.1, 0.15) is 17.9 Å². The molecular weight excluding hydrogens is 278 g/mol. The SMILES string of the molecule is COc1ccc([N+](=O)[O-])cc1C(=O)OCC1CCCCO1. The Kier molecular flexibility index (Phi) is 5.10. The molecule has 0 bridgehead atoms. The quantitative estimate of drug-likeness (QED) is 0.470. The number of benzene rings is 1. The average molecular weight is 295 g/mol. The van der Waals surface area contributed by atoms with Crippen molar-refractivity contribution in [3.63, 3.8) is 0 Å². The second-order valence-corrected chi connectivity index (χ2v) is 4.73. The third-order valence-corrected chi connectivity index (χ3v) is 3.29. The van der Waals surface area contributed by atoms with Crippen molar-refractivity contribution in [1.29, 1.82) is 0 Å². The molecule has 1 heterocycles. The highest BCUT2D eigenvalue weighted by molar-refractivity contribution is 5.93. The van der Waals surface area contributed by atoms with E-state index in [-0.39, 0.29) is 29.7 Å². The van der Waals surface area contributed by atoms with Crippen molar-refractivity contribution < 1.29 is 23.9 Å². The van der Waals surface area contributed by atoms with Gasteiger partial charge < -0.3 is 14.2 Å². The molecule has 7 heteroatoms. The molecule has 1 aliphatic rings. The van der Waals surface area contributed by atoms with E-state index in [4.69, 9.17) is 14.2 Å². The molecule has 1 aliphatic heterocycles. The highest BCUT2D eigenvalue weighted by Crippen LogP contribution is 2.25. The lowest BCUT2D eigenvalue weighted by Gasteiger charge is -2.22. The van der Waals surface area contributed by atoms with Gasteiger partial charge in [0.2, 0.25) is 0 Å². The smallest absolute Gasteiger partial charge is 0.342 e. The van der Waals surface area contributed by atoms with E-state index in [2.05, 4.69) is 0 Å². The first-order valence-electron chi connectivity index (χ1n) is 6.73. The van der Waals surface area contributed by atoms with Crippen molar-refractivity contribution in [1.82, 2.24) is 0 Å². The Bertz CT molecular complexity index is 524.